The van der Waals surface area contributed by atoms with Gasteiger partial charge >= 0.3 is 0 Å². The Morgan fingerprint density at radius 1 is 1.12 bits per heavy atom. The van der Waals surface area contributed by atoms with Gasteiger partial charge in [0.1, 0.15) is 5.76 Å². The Bertz CT molecular complexity index is 487. The van der Waals surface area contributed by atoms with Crippen LogP contribution in [0.3, 0.4) is 0 Å². The first kappa shape index (κ1) is 9.67. The fourth-order valence-corrected chi connectivity index (χ4v) is 2.42. The number of fused-ring (bicyclic) bond motifs is 1. The van der Waals surface area contributed by atoms with Gasteiger partial charge in [-0.3, -0.25) is 0 Å². The molecule has 0 spiro atoms. The highest BCUT2D eigenvalue weighted by Gasteiger charge is 2.16. The van der Waals surface area contributed by atoms with Crippen LogP contribution in [-0.4, -0.2) is 0 Å². The lowest BCUT2D eigenvalue weighted by atomic mass is 10.0. The van der Waals surface area contributed by atoms with Crippen molar-refractivity contribution >= 4 is 0 Å². The van der Waals surface area contributed by atoms with E-state index in [0.29, 0.717) is 0 Å². The lowest BCUT2D eigenvalue weighted by Crippen LogP contribution is -2.11. The zero-order chi connectivity index (χ0) is 11.0. The van der Waals surface area contributed by atoms with Gasteiger partial charge in [0.2, 0.25) is 0 Å². The zero-order valence-corrected chi connectivity index (χ0v) is 9.15. The second kappa shape index (κ2) is 3.80. The van der Waals surface area contributed by atoms with Gasteiger partial charge in [-0.2, -0.15) is 0 Å². The molecule has 0 bridgehead atoms. The lowest BCUT2D eigenvalue weighted by Gasteiger charge is -2.11. The summed E-state index contributed by atoms with van der Waals surface area (Å²) in [7, 11) is 0. The van der Waals surface area contributed by atoms with Gasteiger partial charge in [-0.25, -0.2) is 0 Å². The highest BCUT2D eigenvalue weighted by molar-refractivity contribution is 5.38. The molecule has 1 aliphatic carbocycles. The second-order valence-corrected chi connectivity index (χ2v) is 4.37. The number of nitrogens with two attached hydrogens (primary N) is 1. The molecule has 0 fully saturated rings. The van der Waals surface area contributed by atoms with E-state index < -0.39 is 0 Å². The van der Waals surface area contributed by atoms with E-state index in [1.165, 1.54) is 30.4 Å². The van der Waals surface area contributed by atoms with Crippen LogP contribution in [0.1, 0.15) is 34.9 Å². The zero-order valence-electron chi connectivity index (χ0n) is 9.15. The number of benzene rings is 1. The number of hydrogen-bond donors (Lipinski definition) is 1. The van der Waals surface area contributed by atoms with E-state index in [1.54, 1.807) is 6.26 Å². The Morgan fingerprint density at radius 3 is 2.81 bits per heavy atom. The second-order valence-electron chi connectivity index (χ2n) is 4.37. The molecule has 0 radical (unpaired) electrons. The fourth-order valence-electron chi connectivity index (χ4n) is 2.42. The standard InChI is InChI=1S/C14H15NO/c15-14(13-5-2-8-16-13)12-7-6-10-3-1-4-11(10)9-12/h2,5-9,14H,1,3-4,15H2. The van der Waals surface area contributed by atoms with Crippen LogP contribution in [0.2, 0.25) is 0 Å². The molecule has 16 heavy (non-hydrogen) atoms. The van der Waals surface area contributed by atoms with Crippen LogP contribution in [0.5, 0.6) is 0 Å². The van der Waals surface area contributed by atoms with Crippen molar-refractivity contribution in [2.45, 2.75) is 25.3 Å². The van der Waals surface area contributed by atoms with Crippen molar-refractivity contribution in [1.82, 2.24) is 0 Å². The van der Waals surface area contributed by atoms with Crippen LogP contribution in [0.15, 0.2) is 41.0 Å². The maximum absolute atomic E-state index is 6.16. The molecule has 2 aromatic rings. The summed E-state index contributed by atoms with van der Waals surface area (Å²) in [6.45, 7) is 0. The lowest BCUT2D eigenvalue weighted by molar-refractivity contribution is 0.489. The molecular formula is C14H15NO. The monoisotopic (exact) mass is 213 g/mol. The van der Waals surface area contributed by atoms with Crippen LogP contribution in [0.25, 0.3) is 0 Å². The molecule has 3 rings (SSSR count). The molecule has 0 saturated heterocycles. The van der Waals surface area contributed by atoms with E-state index in [2.05, 4.69) is 18.2 Å². The molecule has 1 atom stereocenters. The third-order valence-corrected chi connectivity index (χ3v) is 3.33. The van der Waals surface area contributed by atoms with Crippen molar-refractivity contribution in [3.63, 3.8) is 0 Å². The summed E-state index contributed by atoms with van der Waals surface area (Å²) in [6, 6.07) is 10.2. The largest absolute Gasteiger partial charge is 0.467 e. The number of furan rings is 1. The fraction of sp³-hybridized carbons (Fsp3) is 0.286. The van der Waals surface area contributed by atoms with Gasteiger partial charge in [0, 0.05) is 0 Å². The van der Waals surface area contributed by atoms with Crippen LogP contribution in [0.4, 0.5) is 0 Å². The Labute approximate surface area is 95.1 Å². The van der Waals surface area contributed by atoms with Crippen molar-refractivity contribution < 1.29 is 4.42 Å². The molecule has 1 aromatic heterocycles. The van der Waals surface area contributed by atoms with Gasteiger partial charge in [0.25, 0.3) is 0 Å². The van der Waals surface area contributed by atoms with E-state index in [4.69, 9.17) is 10.2 Å². The normalized spacial score (nSPS) is 16.1. The summed E-state index contributed by atoms with van der Waals surface area (Å²) < 4.78 is 5.34. The smallest absolute Gasteiger partial charge is 0.124 e. The average molecular weight is 213 g/mol. The molecular weight excluding hydrogens is 198 g/mol. The third kappa shape index (κ3) is 1.55. The van der Waals surface area contributed by atoms with Crippen molar-refractivity contribution in [1.29, 1.82) is 0 Å². The molecule has 1 aromatic carbocycles. The molecule has 1 aliphatic rings. The summed E-state index contributed by atoms with van der Waals surface area (Å²) in [4.78, 5) is 0. The number of hydrogen-bond acceptors (Lipinski definition) is 2. The van der Waals surface area contributed by atoms with E-state index in [0.717, 1.165) is 11.3 Å². The predicted molar refractivity (Wildman–Crippen MR) is 63.2 cm³/mol. The summed E-state index contributed by atoms with van der Waals surface area (Å²) in [5.41, 5.74) is 10.2. The first-order chi connectivity index (χ1) is 7.84. The van der Waals surface area contributed by atoms with Crippen molar-refractivity contribution in [2.24, 2.45) is 5.73 Å². The predicted octanol–water partition coefficient (Wildman–Crippen LogP) is 2.82. The Morgan fingerprint density at radius 2 is 2.00 bits per heavy atom. The quantitative estimate of drug-likeness (QED) is 0.833. The maximum atomic E-state index is 6.16. The van der Waals surface area contributed by atoms with Gasteiger partial charge in [-0.05, 0) is 48.1 Å². The minimum absolute atomic E-state index is 0.138. The minimum atomic E-state index is -0.138. The van der Waals surface area contributed by atoms with E-state index in [-0.39, 0.29) is 6.04 Å². The van der Waals surface area contributed by atoms with Crippen LogP contribution < -0.4 is 5.73 Å². The number of rotatable bonds is 2. The van der Waals surface area contributed by atoms with E-state index in [1.807, 2.05) is 12.1 Å². The van der Waals surface area contributed by atoms with Gasteiger partial charge in [-0.1, -0.05) is 18.2 Å². The van der Waals surface area contributed by atoms with Crippen LogP contribution in [0, 0.1) is 0 Å². The topological polar surface area (TPSA) is 39.2 Å². The highest BCUT2D eigenvalue weighted by atomic mass is 16.3. The summed E-state index contributed by atoms with van der Waals surface area (Å²) in [5, 5.41) is 0. The SMILES string of the molecule is NC(c1ccc2c(c1)CCC2)c1ccco1. The average Bonchev–Trinajstić information content (AvgIpc) is 2.98. The Balaban J connectivity index is 1.95. The van der Waals surface area contributed by atoms with Gasteiger partial charge in [0.15, 0.2) is 0 Å². The van der Waals surface area contributed by atoms with Gasteiger partial charge in [-0.15, -0.1) is 0 Å². The van der Waals surface area contributed by atoms with E-state index in [9.17, 15) is 0 Å². The van der Waals surface area contributed by atoms with Gasteiger partial charge < -0.3 is 10.2 Å². The Hall–Kier alpha value is -1.54. The summed E-state index contributed by atoms with van der Waals surface area (Å²) in [5.74, 6) is 0.831. The summed E-state index contributed by atoms with van der Waals surface area (Å²) >= 11 is 0. The first-order valence-corrected chi connectivity index (χ1v) is 5.75. The maximum Gasteiger partial charge on any atom is 0.124 e. The van der Waals surface area contributed by atoms with Crippen LogP contribution in [-0.2, 0) is 12.8 Å². The molecule has 0 aliphatic heterocycles. The molecule has 0 saturated carbocycles. The Kier molecular flexibility index (Phi) is 2.29. The molecule has 82 valence electrons. The molecule has 1 unspecified atom stereocenters. The summed E-state index contributed by atoms with van der Waals surface area (Å²) in [6.07, 6.45) is 5.34. The van der Waals surface area contributed by atoms with Crippen molar-refractivity contribution in [2.75, 3.05) is 0 Å². The van der Waals surface area contributed by atoms with Crippen molar-refractivity contribution in [3.8, 4) is 0 Å². The first-order valence-electron chi connectivity index (χ1n) is 5.75. The molecule has 2 heteroatoms. The molecule has 0 amide bonds. The van der Waals surface area contributed by atoms with Gasteiger partial charge in [0.05, 0.1) is 12.3 Å². The van der Waals surface area contributed by atoms with Crippen molar-refractivity contribution in [3.05, 3.63) is 59.0 Å². The highest BCUT2D eigenvalue weighted by Crippen LogP contribution is 2.27. The van der Waals surface area contributed by atoms with E-state index >= 15 is 0 Å². The molecule has 1 heterocycles. The molecule has 2 nitrogen and oxygen atoms in total. The minimum Gasteiger partial charge on any atom is -0.467 e. The van der Waals surface area contributed by atoms with Crippen LogP contribution >= 0.6 is 0 Å². The third-order valence-electron chi connectivity index (χ3n) is 3.33. The molecule has 2 N–H and O–H groups in total. The number of aryl methyl sites for hydroxylation is 2.